The fourth-order valence-corrected chi connectivity index (χ4v) is 4.09. The Bertz CT molecular complexity index is 1010. The van der Waals surface area contributed by atoms with Crippen molar-refractivity contribution in [2.24, 2.45) is 5.92 Å². The number of hydrogen-bond donors (Lipinski definition) is 0. The van der Waals surface area contributed by atoms with Crippen molar-refractivity contribution >= 4 is 5.91 Å². The van der Waals surface area contributed by atoms with Crippen molar-refractivity contribution in [1.29, 1.82) is 0 Å². The number of nitrogens with zero attached hydrogens (tertiary/aromatic N) is 3. The summed E-state index contributed by atoms with van der Waals surface area (Å²) in [6.07, 6.45) is 1.06. The fourth-order valence-electron chi connectivity index (χ4n) is 4.09. The van der Waals surface area contributed by atoms with Gasteiger partial charge >= 0.3 is 0 Å². The molecule has 3 aromatic rings. The maximum Gasteiger partial charge on any atom is 0.223 e. The first kappa shape index (κ1) is 22.7. The highest BCUT2D eigenvalue weighted by Gasteiger charge is 2.24. The molecule has 0 aliphatic heterocycles. The molecule has 2 aromatic carbocycles. The summed E-state index contributed by atoms with van der Waals surface area (Å²) in [5.74, 6) is 0.281. The van der Waals surface area contributed by atoms with E-state index in [2.05, 4.69) is 30.6 Å². The molecular weight excluding hydrogens is 389 g/mol. The third kappa shape index (κ3) is 5.40. The highest BCUT2D eigenvalue weighted by Crippen LogP contribution is 2.29. The van der Waals surface area contributed by atoms with E-state index in [0.29, 0.717) is 18.8 Å². The van der Waals surface area contributed by atoms with E-state index in [-0.39, 0.29) is 17.8 Å². The van der Waals surface area contributed by atoms with Gasteiger partial charge in [-0.05, 0) is 55.0 Å². The van der Waals surface area contributed by atoms with E-state index in [1.54, 1.807) is 17.0 Å². The van der Waals surface area contributed by atoms with Crippen molar-refractivity contribution in [2.75, 3.05) is 7.05 Å². The Hall–Kier alpha value is -2.95. The van der Waals surface area contributed by atoms with Crippen LogP contribution in [0, 0.1) is 25.6 Å². The Morgan fingerprint density at radius 1 is 1.03 bits per heavy atom. The second-order valence-electron chi connectivity index (χ2n) is 8.59. The zero-order valence-electron chi connectivity index (χ0n) is 19.1. The van der Waals surface area contributed by atoms with Gasteiger partial charge in [0.2, 0.25) is 5.91 Å². The molecule has 0 aliphatic carbocycles. The summed E-state index contributed by atoms with van der Waals surface area (Å²) in [7, 11) is 1.82. The third-order valence-electron chi connectivity index (χ3n) is 5.74. The Kier molecular flexibility index (Phi) is 7.26. The van der Waals surface area contributed by atoms with Crippen molar-refractivity contribution in [3.63, 3.8) is 0 Å². The molecule has 4 nitrogen and oxygen atoms in total. The van der Waals surface area contributed by atoms with Crippen molar-refractivity contribution in [1.82, 2.24) is 14.7 Å². The van der Waals surface area contributed by atoms with Gasteiger partial charge in [-0.3, -0.25) is 9.48 Å². The van der Waals surface area contributed by atoms with E-state index in [4.69, 9.17) is 0 Å². The van der Waals surface area contributed by atoms with Crippen LogP contribution < -0.4 is 0 Å². The molecule has 0 spiro atoms. The van der Waals surface area contributed by atoms with Crippen molar-refractivity contribution in [3.8, 4) is 0 Å². The molecule has 0 radical (unpaired) electrons. The van der Waals surface area contributed by atoms with Crippen molar-refractivity contribution in [2.45, 2.75) is 53.1 Å². The molecule has 1 aromatic heterocycles. The second kappa shape index (κ2) is 9.90. The Labute approximate surface area is 184 Å². The molecular formula is C26H32FN3O. The highest BCUT2D eigenvalue weighted by molar-refractivity contribution is 5.77. The lowest BCUT2D eigenvalue weighted by atomic mass is 9.96. The Morgan fingerprint density at radius 3 is 2.26 bits per heavy atom. The predicted molar refractivity (Wildman–Crippen MR) is 122 cm³/mol. The molecule has 0 N–H and O–H groups in total. The van der Waals surface area contributed by atoms with Crippen LogP contribution in [0.3, 0.4) is 0 Å². The summed E-state index contributed by atoms with van der Waals surface area (Å²) in [5, 5.41) is 4.67. The Morgan fingerprint density at radius 2 is 1.65 bits per heavy atom. The van der Waals surface area contributed by atoms with Crippen LogP contribution >= 0.6 is 0 Å². The van der Waals surface area contributed by atoms with Gasteiger partial charge in [0.1, 0.15) is 5.82 Å². The molecule has 31 heavy (non-hydrogen) atoms. The molecule has 0 saturated carbocycles. The van der Waals surface area contributed by atoms with E-state index in [0.717, 1.165) is 34.6 Å². The lowest BCUT2D eigenvalue weighted by Crippen LogP contribution is -2.32. The fraction of sp³-hybridized carbons (Fsp3) is 0.385. The topological polar surface area (TPSA) is 38.1 Å². The molecule has 5 heteroatoms. The number of aromatic nitrogens is 2. The number of carbonyl (C=O) groups excluding carboxylic acids is 1. The second-order valence-corrected chi connectivity index (χ2v) is 8.59. The number of hydrogen-bond acceptors (Lipinski definition) is 2. The van der Waals surface area contributed by atoms with Gasteiger partial charge in [-0.1, -0.05) is 56.3 Å². The summed E-state index contributed by atoms with van der Waals surface area (Å²) >= 11 is 0. The molecule has 0 saturated heterocycles. The highest BCUT2D eigenvalue weighted by atomic mass is 19.1. The number of halogens is 1. The zero-order valence-corrected chi connectivity index (χ0v) is 19.1. The molecule has 1 heterocycles. The molecule has 1 unspecified atom stereocenters. The average molecular weight is 422 g/mol. The van der Waals surface area contributed by atoms with Crippen LogP contribution in [0.4, 0.5) is 4.39 Å². The maximum absolute atomic E-state index is 13.5. The third-order valence-corrected chi connectivity index (χ3v) is 5.74. The largest absolute Gasteiger partial charge is 0.335 e. The molecule has 1 amide bonds. The summed E-state index contributed by atoms with van der Waals surface area (Å²) in [6.45, 7) is 9.32. The molecule has 164 valence electrons. The van der Waals surface area contributed by atoms with Gasteiger partial charge in [0, 0.05) is 25.7 Å². The van der Waals surface area contributed by atoms with Gasteiger partial charge in [-0.2, -0.15) is 5.10 Å². The first-order valence-corrected chi connectivity index (χ1v) is 10.9. The van der Waals surface area contributed by atoms with Crippen molar-refractivity contribution < 1.29 is 9.18 Å². The average Bonchev–Trinajstić information content (AvgIpc) is 3.00. The first-order valence-electron chi connectivity index (χ1n) is 10.9. The van der Waals surface area contributed by atoms with Gasteiger partial charge in [0.05, 0.1) is 11.7 Å². The van der Waals surface area contributed by atoms with Crippen LogP contribution in [0.5, 0.6) is 0 Å². The molecule has 3 rings (SSSR count). The monoisotopic (exact) mass is 421 g/mol. The molecule has 0 bridgehead atoms. The minimum absolute atomic E-state index is 0.0496. The van der Waals surface area contributed by atoms with E-state index in [1.807, 2.05) is 44.3 Å². The van der Waals surface area contributed by atoms with Gasteiger partial charge in [-0.15, -0.1) is 0 Å². The summed E-state index contributed by atoms with van der Waals surface area (Å²) in [4.78, 5) is 15.0. The summed E-state index contributed by atoms with van der Waals surface area (Å²) in [5.41, 5.74) is 5.18. The van der Waals surface area contributed by atoms with Crippen LogP contribution in [0.1, 0.15) is 54.4 Å². The Balaban J connectivity index is 1.79. The lowest BCUT2D eigenvalue weighted by Gasteiger charge is -2.29. The number of carbonyl (C=O) groups is 1. The quantitative estimate of drug-likeness (QED) is 0.483. The van der Waals surface area contributed by atoms with Crippen LogP contribution in [0.2, 0.25) is 0 Å². The van der Waals surface area contributed by atoms with E-state index < -0.39 is 0 Å². The van der Waals surface area contributed by atoms with E-state index in [9.17, 15) is 9.18 Å². The minimum atomic E-state index is -0.283. The molecule has 0 aliphatic rings. The first-order chi connectivity index (χ1) is 14.8. The summed E-state index contributed by atoms with van der Waals surface area (Å²) < 4.78 is 15.5. The standard InChI is InChI=1S/C26H32FN3O/c1-18(2)17-30-20(4)24(19(3)28-30)15-16-25(31)29(5)26(21-9-7-6-8-10-21)22-11-13-23(27)14-12-22/h6-14,18,26H,15-17H2,1-5H3. The van der Waals surface area contributed by atoms with Crippen LogP contribution in [0.15, 0.2) is 54.6 Å². The zero-order chi connectivity index (χ0) is 22.5. The lowest BCUT2D eigenvalue weighted by molar-refractivity contribution is -0.131. The van der Waals surface area contributed by atoms with Crippen molar-refractivity contribution in [3.05, 3.63) is 88.5 Å². The van der Waals surface area contributed by atoms with Gasteiger partial charge in [0.25, 0.3) is 0 Å². The maximum atomic E-state index is 13.5. The van der Waals surface area contributed by atoms with Crippen LogP contribution in [-0.2, 0) is 17.8 Å². The normalized spacial score (nSPS) is 12.2. The minimum Gasteiger partial charge on any atom is -0.335 e. The summed E-state index contributed by atoms with van der Waals surface area (Å²) in [6, 6.07) is 16.0. The van der Waals surface area contributed by atoms with E-state index in [1.165, 1.54) is 12.1 Å². The SMILES string of the molecule is Cc1nn(CC(C)C)c(C)c1CCC(=O)N(C)C(c1ccccc1)c1ccc(F)cc1. The number of rotatable bonds is 8. The van der Waals surface area contributed by atoms with Gasteiger partial charge < -0.3 is 4.90 Å². The van der Waals surface area contributed by atoms with Gasteiger partial charge in [-0.25, -0.2) is 4.39 Å². The van der Waals surface area contributed by atoms with Crippen LogP contribution in [-0.4, -0.2) is 27.6 Å². The smallest absolute Gasteiger partial charge is 0.223 e. The number of aryl methyl sites for hydroxylation is 1. The molecule has 0 fully saturated rings. The number of amides is 1. The van der Waals surface area contributed by atoms with E-state index >= 15 is 0 Å². The number of benzene rings is 2. The van der Waals surface area contributed by atoms with Crippen LogP contribution in [0.25, 0.3) is 0 Å². The van der Waals surface area contributed by atoms with Gasteiger partial charge in [0.15, 0.2) is 0 Å². The molecule has 1 atom stereocenters. The predicted octanol–water partition coefficient (Wildman–Crippen LogP) is 5.48.